The van der Waals surface area contributed by atoms with E-state index in [1.165, 1.54) is 18.4 Å². The summed E-state index contributed by atoms with van der Waals surface area (Å²) in [5.41, 5.74) is 3.28. The Hall–Kier alpha value is -1.85. The van der Waals surface area contributed by atoms with Crippen molar-refractivity contribution in [3.63, 3.8) is 0 Å². The van der Waals surface area contributed by atoms with Crippen LogP contribution in [0.25, 0.3) is 21.3 Å². The molecule has 2 aromatic heterocycles. The minimum atomic E-state index is 0.0321. The molecule has 0 unspecified atom stereocenters. The standard InChI is InChI=1S/C21H24N2OS2/c1-4-6-7-13-25-21-22-19-18(20(24)23(21)12-5-2)17(14-26-19)16-10-8-15(3)9-11-16/h5,8-11,14H,2,4,6-7,12-13H2,1,3H3. The van der Waals surface area contributed by atoms with Gasteiger partial charge in [0.2, 0.25) is 0 Å². The highest BCUT2D eigenvalue weighted by molar-refractivity contribution is 7.99. The fraction of sp³-hybridized carbons (Fsp3) is 0.333. The molecule has 136 valence electrons. The van der Waals surface area contributed by atoms with E-state index in [1.54, 1.807) is 33.7 Å². The molecule has 3 aromatic rings. The second kappa shape index (κ2) is 8.69. The lowest BCUT2D eigenvalue weighted by molar-refractivity contribution is 0.671. The minimum Gasteiger partial charge on any atom is -0.283 e. The number of rotatable bonds is 8. The van der Waals surface area contributed by atoms with Crippen molar-refractivity contribution in [2.75, 3.05) is 5.75 Å². The Labute approximate surface area is 162 Å². The van der Waals surface area contributed by atoms with Crippen LogP contribution in [0.2, 0.25) is 0 Å². The Bertz CT molecular complexity index is 955. The molecular weight excluding hydrogens is 360 g/mol. The topological polar surface area (TPSA) is 34.9 Å². The molecule has 0 atom stereocenters. The lowest BCUT2D eigenvalue weighted by Crippen LogP contribution is -2.22. The molecule has 0 saturated carbocycles. The predicted molar refractivity (Wildman–Crippen MR) is 114 cm³/mol. The highest BCUT2D eigenvalue weighted by atomic mass is 32.2. The summed E-state index contributed by atoms with van der Waals surface area (Å²) in [6.07, 6.45) is 5.31. The summed E-state index contributed by atoms with van der Waals surface area (Å²) < 4.78 is 1.76. The van der Waals surface area contributed by atoms with Gasteiger partial charge in [-0.25, -0.2) is 4.98 Å². The normalized spacial score (nSPS) is 11.2. The van der Waals surface area contributed by atoms with Gasteiger partial charge >= 0.3 is 0 Å². The highest BCUT2D eigenvalue weighted by Gasteiger charge is 2.16. The SMILES string of the molecule is C=CCn1c(SCCCCC)nc2scc(-c3ccc(C)cc3)c2c1=O. The zero-order chi connectivity index (χ0) is 18.5. The number of fused-ring (bicyclic) bond motifs is 1. The third kappa shape index (κ3) is 3.94. The molecule has 0 radical (unpaired) electrons. The number of hydrogen-bond donors (Lipinski definition) is 0. The third-order valence-electron chi connectivity index (χ3n) is 4.31. The van der Waals surface area contributed by atoms with Gasteiger partial charge in [0.15, 0.2) is 5.16 Å². The number of aromatic nitrogens is 2. The number of unbranched alkanes of at least 4 members (excludes halogenated alkanes) is 2. The summed E-state index contributed by atoms with van der Waals surface area (Å²) in [7, 11) is 0. The average Bonchev–Trinajstić information content (AvgIpc) is 3.06. The molecule has 0 bridgehead atoms. The molecule has 1 aromatic carbocycles. The van der Waals surface area contributed by atoms with E-state index in [2.05, 4.69) is 44.7 Å². The van der Waals surface area contributed by atoms with Crippen LogP contribution in [-0.2, 0) is 6.54 Å². The first-order valence-corrected chi connectivity index (χ1v) is 10.8. The highest BCUT2D eigenvalue weighted by Crippen LogP contribution is 2.32. The maximum atomic E-state index is 13.2. The number of thiophene rings is 1. The molecule has 5 heteroatoms. The fourth-order valence-electron chi connectivity index (χ4n) is 2.87. The third-order valence-corrected chi connectivity index (χ3v) is 6.25. The Balaban J connectivity index is 2.06. The lowest BCUT2D eigenvalue weighted by Gasteiger charge is -2.10. The maximum absolute atomic E-state index is 13.2. The number of thioether (sulfide) groups is 1. The van der Waals surface area contributed by atoms with Crippen molar-refractivity contribution in [1.29, 1.82) is 0 Å². The number of nitrogens with zero attached hydrogens (tertiary/aromatic N) is 2. The predicted octanol–water partition coefficient (Wildman–Crippen LogP) is 5.90. The van der Waals surface area contributed by atoms with E-state index in [1.807, 2.05) is 5.38 Å². The van der Waals surface area contributed by atoms with Crippen molar-refractivity contribution in [3.8, 4) is 11.1 Å². The largest absolute Gasteiger partial charge is 0.283 e. The van der Waals surface area contributed by atoms with Gasteiger partial charge < -0.3 is 0 Å². The molecule has 3 nitrogen and oxygen atoms in total. The van der Waals surface area contributed by atoms with Crippen LogP contribution in [-0.4, -0.2) is 15.3 Å². The second-order valence-corrected chi connectivity index (χ2v) is 8.27. The number of hydrogen-bond acceptors (Lipinski definition) is 4. The van der Waals surface area contributed by atoms with Gasteiger partial charge in [0.25, 0.3) is 5.56 Å². The summed E-state index contributed by atoms with van der Waals surface area (Å²) in [5.74, 6) is 0.985. The number of benzene rings is 1. The zero-order valence-corrected chi connectivity index (χ0v) is 17.0. The van der Waals surface area contributed by atoms with Crippen molar-refractivity contribution >= 4 is 33.3 Å². The van der Waals surface area contributed by atoms with Crippen LogP contribution in [0.15, 0.2) is 52.3 Å². The van der Waals surface area contributed by atoms with Gasteiger partial charge in [-0.2, -0.15) is 0 Å². The first-order valence-electron chi connectivity index (χ1n) is 8.98. The molecule has 0 amide bonds. The van der Waals surface area contributed by atoms with E-state index in [4.69, 9.17) is 4.98 Å². The monoisotopic (exact) mass is 384 g/mol. The van der Waals surface area contributed by atoms with Gasteiger partial charge in [-0.15, -0.1) is 17.9 Å². The smallest absolute Gasteiger partial charge is 0.263 e. The maximum Gasteiger partial charge on any atom is 0.263 e. The molecule has 0 N–H and O–H groups in total. The van der Waals surface area contributed by atoms with E-state index in [-0.39, 0.29) is 5.56 Å². The van der Waals surface area contributed by atoms with Crippen LogP contribution in [0.5, 0.6) is 0 Å². The molecule has 0 aliphatic heterocycles. The van der Waals surface area contributed by atoms with E-state index in [0.29, 0.717) is 6.54 Å². The molecule has 3 rings (SSSR count). The van der Waals surface area contributed by atoms with Gasteiger partial charge in [-0.1, -0.05) is 67.4 Å². The summed E-state index contributed by atoms with van der Waals surface area (Å²) in [6, 6.07) is 8.29. The molecule has 0 spiro atoms. The van der Waals surface area contributed by atoms with Crippen LogP contribution >= 0.6 is 23.1 Å². The van der Waals surface area contributed by atoms with Gasteiger partial charge in [0, 0.05) is 23.2 Å². The Kier molecular flexibility index (Phi) is 6.33. The second-order valence-electron chi connectivity index (χ2n) is 6.35. The molecule has 26 heavy (non-hydrogen) atoms. The van der Waals surface area contributed by atoms with Crippen LogP contribution in [0, 0.1) is 6.92 Å². The van der Waals surface area contributed by atoms with Crippen molar-refractivity contribution in [3.05, 3.63) is 58.2 Å². The van der Waals surface area contributed by atoms with Gasteiger partial charge in [-0.05, 0) is 18.9 Å². The number of allylic oxidation sites excluding steroid dienone is 1. The molecule has 0 aliphatic rings. The van der Waals surface area contributed by atoms with Gasteiger partial charge in [0.1, 0.15) is 4.83 Å². The van der Waals surface area contributed by atoms with Crippen LogP contribution in [0.3, 0.4) is 0 Å². The molecular formula is C21H24N2OS2. The van der Waals surface area contributed by atoms with E-state index in [9.17, 15) is 4.79 Å². The summed E-state index contributed by atoms with van der Waals surface area (Å²) in [5, 5.41) is 3.57. The van der Waals surface area contributed by atoms with Crippen LogP contribution in [0.1, 0.15) is 31.7 Å². The van der Waals surface area contributed by atoms with Gasteiger partial charge in [-0.3, -0.25) is 9.36 Å². The zero-order valence-electron chi connectivity index (χ0n) is 15.3. The summed E-state index contributed by atoms with van der Waals surface area (Å²) in [6.45, 7) is 8.56. The van der Waals surface area contributed by atoms with Crippen molar-refractivity contribution in [2.24, 2.45) is 0 Å². The number of aryl methyl sites for hydroxylation is 1. The van der Waals surface area contributed by atoms with Crippen LogP contribution in [0.4, 0.5) is 0 Å². The molecule has 0 saturated heterocycles. The Morgan fingerprint density at radius 3 is 2.73 bits per heavy atom. The quantitative estimate of drug-likeness (QED) is 0.210. The van der Waals surface area contributed by atoms with Crippen LogP contribution < -0.4 is 5.56 Å². The molecule has 2 heterocycles. The summed E-state index contributed by atoms with van der Waals surface area (Å²) in [4.78, 5) is 18.9. The first-order chi connectivity index (χ1) is 12.7. The summed E-state index contributed by atoms with van der Waals surface area (Å²) >= 11 is 3.22. The van der Waals surface area contributed by atoms with E-state index in [0.717, 1.165) is 38.7 Å². The Morgan fingerprint density at radius 2 is 2.04 bits per heavy atom. The minimum absolute atomic E-state index is 0.0321. The average molecular weight is 385 g/mol. The van der Waals surface area contributed by atoms with E-state index >= 15 is 0 Å². The fourth-order valence-corrected chi connectivity index (χ4v) is 4.86. The molecule has 0 fully saturated rings. The van der Waals surface area contributed by atoms with E-state index < -0.39 is 0 Å². The van der Waals surface area contributed by atoms with Crippen molar-refractivity contribution in [1.82, 2.24) is 9.55 Å². The lowest BCUT2D eigenvalue weighted by atomic mass is 10.1. The van der Waals surface area contributed by atoms with Gasteiger partial charge in [0.05, 0.1) is 5.39 Å². The van der Waals surface area contributed by atoms with Crippen molar-refractivity contribution < 1.29 is 0 Å². The molecule has 0 aliphatic carbocycles. The Morgan fingerprint density at radius 1 is 1.27 bits per heavy atom. The first kappa shape index (κ1) is 18.9. The van der Waals surface area contributed by atoms with Crippen molar-refractivity contribution in [2.45, 2.75) is 44.8 Å².